The molecule has 2 heterocycles. The maximum atomic E-state index is 13.1. The van der Waals surface area contributed by atoms with Gasteiger partial charge >= 0.3 is 0 Å². The molecule has 2 aromatic heterocycles. The number of nitrogens with zero attached hydrogens (tertiary/aromatic N) is 3. The van der Waals surface area contributed by atoms with Crippen LogP contribution in [0.5, 0.6) is 0 Å². The molecule has 0 saturated carbocycles. The predicted molar refractivity (Wildman–Crippen MR) is 99.9 cm³/mol. The Hall–Kier alpha value is -2.95. The molecular weight excluding hydrogens is 326 g/mol. The zero-order valence-electron chi connectivity index (χ0n) is 15.6. The smallest absolute Gasteiger partial charge is 0.276 e. The number of carbonyl (C=O) groups excluding carboxylic acids is 1. The number of pyridine rings is 1. The maximum Gasteiger partial charge on any atom is 0.276 e. The summed E-state index contributed by atoms with van der Waals surface area (Å²) in [5.41, 5.74) is 4.67. The van der Waals surface area contributed by atoms with Crippen molar-refractivity contribution in [2.45, 2.75) is 33.7 Å². The van der Waals surface area contributed by atoms with E-state index in [9.17, 15) is 4.79 Å². The highest BCUT2D eigenvalue weighted by Gasteiger charge is 2.28. The fourth-order valence-corrected chi connectivity index (χ4v) is 3.32. The second kappa shape index (κ2) is 7.52. The molecule has 0 aliphatic heterocycles. The normalized spacial score (nSPS) is 12.0. The van der Waals surface area contributed by atoms with E-state index in [1.54, 1.807) is 19.2 Å². The lowest BCUT2D eigenvalue weighted by Gasteiger charge is -2.31. The van der Waals surface area contributed by atoms with Crippen molar-refractivity contribution in [2.75, 3.05) is 6.54 Å². The number of rotatable bonds is 5. The maximum absolute atomic E-state index is 13.1. The Morgan fingerprint density at radius 2 is 1.85 bits per heavy atom. The molecule has 1 amide bonds. The predicted octanol–water partition coefficient (Wildman–Crippen LogP) is 4.25. The molecular formula is C21H23N3O2. The van der Waals surface area contributed by atoms with Crippen LogP contribution in [0.15, 0.2) is 53.3 Å². The third-order valence-electron chi connectivity index (χ3n) is 4.32. The van der Waals surface area contributed by atoms with Crippen LogP contribution in [0, 0.1) is 20.8 Å². The summed E-state index contributed by atoms with van der Waals surface area (Å²) < 4.78 is 5.10. The van der Waals surface area contributed by atoms with Crippen molar-refractivity contribution in [2.24, 2.45) is 0 Å². The van der Waals surface area contributed by atoms with Crippen LogP contribution in [0.1, 0.15) is 51.5 Å². The number of benzene rings is 1. The van der Waals surface area contributed by atoms with Gasteiger partial charge in [0.25, 0.3) is 5.91 Å². The molecule has 0 bridgehead atoms. The van der Waals surface area contributed by atoms with Crippen LogP contribution in [-0.4, -0.2) is 27.5 Å². The lowest BCUT2D eigenvalue weighted by molar-refractivity contribution is 0.0706. The lowest BCUT2D eigenvalue weighted by Crippen LogP contribution is -2.35. The van der Waals surface area contributed by atoms with E-state index < -0.39 is 0 Å². The van der Waals surface area contributed by atoms with Gasteiger partial charge in [-0.3, -0.25) is 9.78 Å². The van der Waals surface area contributed by atoms with Gasteiger partial charge in [-0.1, -0.05) is 40.5 Å². The van der Waals surface area contributed by atoms with Crippen molar-refractivity contribution in [3.63, 3.8) is 0 Å². The van der Waals surface area contributed by atoms with E-state index in [0.29, 0.717) is 18.0 Å². The quantitative estimate of drug-likeness (QED) is 0.691. The third kappa shape index (κ3) is 3.67. The monoisotopic (exact) mass is 349 g/mol. The Morgan fingerprint density at radius 3 is 2.38 bits per heavy atom. The van der Waals surface area contributed by atoms with Crippen molar-refractivity contribution in [3.8, 4) is 0 Å². The van der Waals surface area contributed by atoms with Crippen molar-refractivity contribution in [1.29, 1.82) is 0 Å². The van der Waals surface area contributed by atoms with E-state index in [-0.39, 0.29) is 11.9 Å². The fraction of sp³-hybridized carbons (Fsp3) is 0.286. The summed E-state index contributed by atoms with van der Waals surface area (Å²) in [4.78, 5) is 19.2. The van der Waals surface area contributed by atoms with E-state index in [1.165, 1.54) is 0 Å². The largest absolute Gasteiger partial charge is 0.361 e. The SMILES string of the molecule is CCN(C(=O)c1cc(C)on1)[C@H](c1cccnc1)c1cc(C)cc(C)c1. The highest BCUT2D eigenvalue weighted by molar-refractivity contribution is 5.92. The molecule has 5 heteroatoms. The van der Waals surface area contributed by atoms with E-state index in [2.05, 4.69) is 42.2 Å². The summed E-state index contributed by atoms with van der Waals surface area (Å²) in [5, 5.41) is 3.91. The first kappa shape index (κ1) is 17.9. The lowest BCUT2D eigenvalue weighted by atomic mass is 9.95. The van der Waals surface area contributed by atoms with Crippen LogP contribution in [0.2, 0.25) is 0 Å². The third-order valence-corrected chi connectivity index (χ3v) is 4.32. The minimum Gasteiger partial charge on any atom is -0.361 e. The number of hydrogen-bond acceptors (Lipinski definition) is 4. The van der Waals surface area contributed by atoms with Gasteiger partial charge in [0.1, 0.15) is 5.76 Å². The summed E-state index contributed by atoms with van der Waals surface area (Å²) >= 11 is 0. The molecule has 26 heavy (non-hydrogen) atoms. The Kier molecular flexibility index (Phi) is 5.16. The van der Waals surface area contributed by atoms with Crippen molar-refractivity contribution >= 4 is 5.91 Å². The molecule has 1 atom stereocenters. The molecule has 0 N–H and O–H groups in total. The van der Waals surface area contributed by atoms with E-state index in [0.717, 1.165) is 22.3 Å². The van der Waals surface area contributed by atoms with Gasteiger partial charge in [-0.2, -0.15) is 0 Å². The topological polar surface area (TPSA) is 59.2 Å². The zero-order valence-corrected chi connectivity index (χ0v) is 15.6. The van der Waals surface area contributed by atoms with Gasteiger partial charge in [-0.25, -0.2) is 0 Å². The Labute approximate surface area is 153 Å². The van der Waals surface area contributed by atoms with Gasteiger partial charge in [0.2, 0.25) is 0 Å². The summed E-state index contributed by atoms with van der Waals surface area (Å²) in [6.45, 7) is 8.42. The van der Waals surface area contributed by atoms with E-state index in [1.807, 2.05) is 30.2 Å². The molecule has 0 spiro atoms. The Balaban J connectivity index is 2.10. The van der Waals surface area contributed by atoms with Crippen molar-refractivity contribution in [1.82, 2.24) is 15.0 Å². The summed E-state index contributed by atoms with van der Waals surface area (Å²) in [5.74, 6) is 0.464. The number of carbonyl (C=O) groups is 1. The zero-order chi connectivity index (χ0) is 18.7. The molecule has 134 valence electrons. The molecule has 0 unspecified atom stereocenters. The van der Waals surface area contributed by atoms with E-state index >= 15 is 0 Å². The van der Waals surface area contributed by atoms with Crippen LogP contribution in [0.4, 0.5) is 0 Å². The number of amides is 1. The number of aromatic nitrogens is 2. The molecule has 0 radical (unpaired) electrons. The molecule has 0 fully saturated rings. The highest BCUT2D eigenvalue weighted by atomic mass is 16.5. The fourth-order valence-electron chi connectivity index (χ4n) is 3.32. The van der Waals surface area contributed by atoms with Crippen LogP contribution < -0.4 is 0 Å². The number of hydrogen-bond donors (Lipinski definition) is 0. The molecule has 1 aromatic carbocycles. The molecule has 3 rings (SSSR count). The summed E-state index contributed by atoms with van der Waals surface area (Å²) in [6.07, 6.45) is 3.55. The van der Waals surface area contributed by atoms with Crippen LogP contribution >= 0.6 is 0 Å². The Morgan fingerprint density at radius 1 is 1.12 bits per heavy atom. The molecule has 0 aliphatic carbocycles. The molecule has 5 nitrogen and oxygen atoms in total. The number of aryl methyl sites for hydroxylation is 3. The average Bonchev–Trinajstić information content (AvgIpc) is 3.05. The Bertz CT molecular complexity index is 882. The molecule has 3 aromatic rings. The summed E-state index contributed by atoms with van der Waals surface area (Å²) in [6, 6.07) is 11.7. The second-order valence-electron chi connectivity index (χ2n) is 6.52. The first-order valence-electron chi connectivity index (χ1n) is 8.72. The second-order valence-corrected chi connectivity index (χ2v) is 6.52. The molecule has 0 saturated heterocycles. The van der Waals surface area contributed by atoms with Crippen molar-refractivity contribution < 1.29 is 9.32 Å². The van der Waals surface area contributed by atoms with Gasteiger partial charge in [-0.05, 0) is 44.9 Å². The standard InChI is InChI=1S/C21H23N3O2/c1-5-24(21(25)19-12-16(4)26-23-19)20(17-7-6-8-22-13-17)18-10-14(2)9-15(3)11-18/h6-13,20H,5H2,1-4H3/t20-/m1/s1. The minimum atomic E-state index is -0.239. The van der Waals surface area contributed by atoms with Gasteiger partial charge in [0.15, 0.2) is 5.69 Å². The average molecular weight is 349 g/mol. The minimum absolute atomic E-state index is 0.155. The van der Waals surface area contributed by atoms with Gasteiger partial charge in [0, 0.05) is 25.0 Å². The first-order valence-corrected chi connectivity index (χ1v) is 8.72. The summed E-state index contributed by atoms with van der Waals surface area (Å²) in [7, 11) is 0. The van der Waals surface area contributed by atoms with Crippen LogP contribution in [0.25, 0.3) is 0 Å². The van der Waals surface area contributed by atoms with Crippen LogP contribution in [-0.2, 0) is 0 Å². The van der Waals surface area contributed by atoms with Gasteiger partial charge < -0.3 is 9.42 Å². The van der Waals surface area contributed by atoms with Crippen LogP contribution in [0.3, 0.4) is 0 Å². The molecule has 0 aliphatic rings. The van der Waals surface area contributed by atoms with Crippen molar-refractivity contribution in [3.05, 3.63) is 82.5 Å². The van der Waals surface area contributed by atoms with Gasteiger partial charge in [0.05, 0.1) is 6.04 Å². The first-order chi connectivity index (χ1) is 12.5. The highest BCUT2D eigenvalue weighted by Crippen LogP contribution is 2.30. The van der Waals surface area contributed by atoms with Gasteiger partial charge in [-0.15, -0.1) is 0 Å². The van der Waals surface area contributed by atoms with E-state index in [4.69, 9.17) is 4.52 Å².